The number of nitrogens with one attached hydrogen (secondary N) is 1. The summed E-state index contributed by atoms with van der Waals surface area (Å²) in [5.74, 6) is 2.73. The van der Waals surface area contributed by atoms with Gasteiger partial charge in [0.2, 0.25) is 0 Å². The van der Waals surface area contributed by atoms with Gasteiger partial charge in [-0.3, -0.25) is 0 Å². The molecule has 0 aliphatic carbocycles. The van der Waals surface area contributed by atoms with Crippen molar-refractivity contribution in [3.8, 4) is 33.8 Å². The third kappa shape index (κ3) is 4.58. The zero-order valence-corrected chi connectivity index (χ0v) is 22.4. The topological polar surface area (TPSA) is 68.6 Å². The summed E-state index contributed by atoms with van der Waals surface area (Å²) >= 11 is 0.880. The van der Waals surface area contributed by atoms with E-state index in [1.54, 1.807) is 0 Å². The summed E-state index contributed by atoms with van der Waals surface area (Å²) in [7, 11) is 0. The van der Waals surface area contributed by atoms with Gasteiger partial charge in [0.05, 0.1) is 0 Å². The van der Waals surface area contributed by atoms with Crippen molar-refractivity contribution in [3.05, 3.63) is 48.5 Å². The minimum absolute atomic E-state index is 0.360. The van der Waals surface area contributed by atoms with E-state index in [4.69, 9.17) is 22.2 Å². The molecule has 4 aromatic rings. The van der Waals surface area contributed by atoms with E-state index >= 15 is 0 Å². The molecule has 0 fully saturated rings. The Morgan fingerprint density at radius 3 is 1.79 bits per heavy atom. The number of hydrogen-bond donors (Lipinski definition) is 1. The molecule has 6 nitrogen and oxygen atoms in total. The molecular weight excluding hydrogens is 511 g/mol. The van der Waals surface area contributed by atoms with Crippen molar-refractivity contribution in [3.63, 3.8) is 0 Å². The third-order valence-corrected chi connectivity index (χ3v) is 7.29. The molecule has 0 bridgehead atoms. The van der Waals surface area contributed by atoms with Crippen LogP contribution in [0.4, 0.5) is 11.4 Å². The fraction of sp³-hybridized carbons (Fsp3) is 0.308. The normalized spacial score (nSPS) is 12.6. The molecule has 3 aromatic carbocycles. The van der Waals surface area contributed by atoms with Gasteiger partial charge in [-0.15, -0.1) is 0 Å². The number of anilines is 1. The van der Waals surface area contributed by atoms with Crippen molar-refractivity contribution in [2.45, 2.75) is 27.7 Å². The Morgan fingerprint density at radius 2 is 1.26 bits per heavy atom. The van der Waals surface area contributed by atoms with Crippen LogP contribution in [0.1, 0.15) is 27.7 Å². The fourth-order valence-corrected chi connectivity index (χ4v) is 5.80. The molecular formula is C26H28N4O2SSe. The van der Waals surface area contributed by atoms with Gasteiger partial charge in [-0.2, -0.15) is 0 Å². The van der Waals surface area contributed by atoms with Gasteiger partial charge in [0.15, 0.2) is 0 Å². The summed E-state index contributed by atoms with van der Waals surface area (Å²) in [6, 6.07) is 16.5. The van der Waals surface area contributed by atoms with Gasteiger partial charge in [0, 0.05) is 0 Å². The van der Waals surface area contributed by atoms with Crippen LogP contribution in [0, 0.1) is 11.8 Å². The molecule has 0 spiro atoms. The molecule has 1 aliphatic heterocycles. The number of ether oxygens (including phenoxy) is 2. The maximum absolute atomic E-state index is 5.87. The van der Waals surface area contributed by atoms with Gasteiger partial charge in [-0.25, -0.2) is 0 Å². The predicted octanol–water partition coefficient (Wildman–Crippen LogP) is 6.69. The average Bonchev–Trinajstić information content (AvgIpc) is 3.51. The van der Waals surface area contributed by atoms with E-state index in [0.717, 1.165) is 56.2 Å². The molecule has 8 heteroatoms. The second-order valence-corrected chi connectivity index (χ2v) is 11.0. The van der Waals surface area contributed by atoms with Crippen LogP contribution in [0.2, 0.25) is 0 Å². The van der Waals surface area contributed by atoms with Gasteiger partial charge in [0.25, 0.3) is 0 Å². The third-order valence-electron chi connectivity index (χ3n) is 5.45. The van der Waals surface area contributed by atoms with Crippen LogP contribution in [0.15, 0.2) is 52.5 Å². The van der Waals surface area contributed by atoms with Crippen molar-refractivity contribution in [2.75, 3.05) is 17.5 Å². The molecule has 0 atom stereocenters. The number of hydrogen-bond acceptors (Lipinski definition) is 7. The summed E-state index contributed by atoms with van der Waals surface area (Å²) in [4.78, 5) is 0. The van der Waals surface area contributed by atoms with E-state index in [9.17, 15) is 0 Å². The summed E-state index contributed by atoms with van der Waals surface area (Å²) in [5, 5.41) is 0. The van der Waals surface area contributed by atoms with Crippen LogP contribution in [0.5, 0.6) is 11.5 Å². The molecule has 0 saturated carbocycles. The first-order chi connectivity index (χ1) is 16.5. The summed E-state index contributed by atoms with van der Waals surface area (Å²) in [6.07, 6.45) is 0. The summed E-state index contributed by atoms with van der Waals surface area (Å²) in [6.45, 7) is 10.00. The predicted molar refractivity (Wildman–Crippen MR) is 142 cm³/mol. The molecule has 5 rings (SSSR count). The van der Waals surface area contributed by atoms with Crippen molar-refractivity contribution >= 4 is 49.1 Å². The second kappa shape index (κ2) is 9.82. The Morgan fingerprint density at radius 1 is 0.765 bits per heavy atom. The van der Waals surface area contributed by atoms with Gasteiger partial charge < -0.3 is 0 Å². The standard InChI is InChI=1S/C26H28N4O2SSe/c1-15(2)13-31-19-9-5-17(6-10-19)21-23-24(28-33-27-23)22(26-25(21)29-34-30-26)18-7-11-20(12-8-18)32-14-16(3)4/h5-12,15-16,34H,13-14H2,1-4H3,(H,29,30). The molecule has 0 unspecified atom stereocenters. The second-order valence-electron chi connectivity index (χ2n) is 9.21. The summed E-state index contributed by atoms with van der Waals surface area (Å²) < 4.78 is 29.6. The SMILES string of the molecule is CC(C)COc1ccc(-c2c3c(c(-c4ccc(OCC(C)C)cc4)c4nsnc24)N[SeH]=N3)cc1. The van der Waals surface area contributed by atoms with Crippen molar-refractivity contribution in [2.24, 2.45) is 15.8 Å². The number of aromatic nitrogens is 2. The van der Waals surface area contributed by atoms with E-state index in [0.29, 0.717) is 25.0 Å². The van der Waals surface area contributed by atoms with E-state index in [1.165, 1.54) is 11.7 Å². The monoisotopic (exact) mass is 540 g/mol. The molecule has 0 radical (unpaired) electrons. The Hall–Kier alpha value is -2.80. The van der Waals surface area contributed by atoms with Gasteiger partial charge in [0.1, 0.15) is 0 Å². The van der Waals surface area contributed by atoms with Crippen LogP contribution in [0.25, 0.3) is 33.3 Å². The maximum atomic E-state index is 5.87. The van der Waals surface area contributed by atoms with Gasteiger partial charge in [-0.05, 0) is 0 Å². The van der Waals surface area contributed by atoms with Crippen LogP contribution >= 0.6 is 11.7 Å². The first-order valence-corrected chi connectivity index (χ1v) is 14.0. The van der Waals surface area contributed by atoms with Crippen LogP contribution in [-0.4, -0.2) is 36.9 Å². The van der Waals surface area contributed by atoms with E-state index in [1.807, 2.05) is 24.3 Å². The quantitative estimate of drug-likeness (QED) is 0.253. The first kappa shape index (κ1) is 23.0. The number of fused-ring (bicyclic) bond motifs is 2. The molecule has 0 saturated heterocycles. The molecule has 1 aromatic heterocycles. The van der Waals surface area contributed by atoms with Crippen molar-refractivity contribution < 1.29 is 9.47 Å². The fourth-order valence-electron chi connectivity index (χ4n) is 3.84. The van der Waals surface area contributed by atoms with Crippen molar-refractivity contribution in [1.29, 1.82) is 0 Å². The van der Waals surface area contributed by atoms with Crippen molar-refractivity contribution in [1.82, 2.24) is 8.75 Å². The Kier molecular flexibility index (Phi) is 6.63. The zero-order valence-electron chi connectivity index (χ0n) is 19.7. The molecule has 176 valence electrons. The minimum atomic E-state index is -0.360. The molecule has 34 heavy (non-hydrogen) atoms. The molecule has 2 heterocycles. The van der Waals surface area contributed by atoms with Crippen LogP contribution < -0.4 is 13.8 Å². The Labute approximate surface area is 210 Å². The van der Waals surface area contributed by atoms with Crippen LogP contribution in [0.3, 0.4) is 0 Å². The van der Waals surface area contributed by atoms with Gasteiger partial charge >= 0.3 is 211 Å². The van der Waals surface area contributed by atoms with Gasteiger partial charge in [-0.1, -0.05) is 0 Å². The number of benzene rings is 3. The zero-order chi connectivity index (χ0) is 23.7. The summed E-state index contributed by atoms with van der Waals surface area (Å²) in [5.41, 5.74) is 8.08. The van der Waals surface area contributed by atoms with E-state index < -0.39 is 0 Å². The Balaban J connectivity index is 1.55. The average molecular weight is 540 g/mol. The van der Waals surface area contributed by atoms with Crippen LogP contribution in [-0.2, 0) is 0 Å². The Bertz CT molecular complexity index is 1330. The molecule has 0 amide bonds. The molecule has 1 aliphatic rings. The van der Waals surface area contributed by atoms with E-state index in [2.05, 4.69) is 56.3 Å². The van der Waals surface area contributed by atoms with E-state index in [-0.39, 0.29) is 15.0 Å². The molecule has 1 N–H and O–H groups in total. The number of rotatable bonds is 8. The number of nitrogens with zero attached hydrogens (tertiary/aromatic N) is 3. The first-order valence-electron chi connectivity index (χ1n) is 11.5.